The minimum absolute atomic E-state index is 0.404. The summed E-state index contributed by atoms with van der Waals surface area (Å²) in [6.45, 7) is 0. The van der Waals surface area contributed by atoms with E-state index in [1.807, 2.05) is 42.5 Å². The number of aromatic nitrogens is 2. The number of carbonyl (C=O) groups is 1. The number of H-pyrrole nitrogens is 1. The Morgan fingerprint density at radius 1 is 0.871 bits per heavy atom. The van der Waals surface area contributed by atoms with Crippen molar-refractivity contribution >= 4 is 27.8 Å². The zero-order chi connectivity index (χ0) is 21.4. The molecule has 0 aliphatic rings. The molecule has 0 saturated heterocycles. The van der Waals surface area contributed by atoms with Crippen molar-refractivity contribution in [2.24, 2.45) is 0 Å². The van der Waals surface area contributed by atoms with Crippen molar-refractivity contribution in [3.8, 4) is 28.3 Å². The van der Waals surface area contributed by atoms with Gasteiger partial charge in [-0.1, -0.05) is 48.5 Å². The standard InChI is InChI=1S/C26H20N2O3/c1-30-24-15-17(11-13-21(24)26(29)31-2)16-10-12-19-18(14-16)6-5-7-20(19)25-27-22-8-3-4-9-23(22)28-25/h3-15H,1-2H3,(H,27,28). The Balaban J connectivity index is 1.59. The lowest BCUT2D eigenvalue weighted by Crippen LogP contribution is -2.04. The maximum absolute atomic E-state index is 11.9. The zero-order valence-corrected chi connectivity index (χ0v) is 17.2. The van der Waals surface area contributed by atoms with Crippen LogP contribution in [-0.2, 0) is 4.74 Å². The highest BCUT2D eigenvalue weighted by Gasteiger charge is 2.14. The van der Waals surface area contributed by atoms with E-state index in [1.165, 1.54) is 7.11 Å². The van der Waals surface area contributed by atoms with Gasteiger partial charge in [0.15, 0.2) is 0 Å². The lowest BCUT2D eigenvalue weighted by Gasteiger charge is -2.11. The smallest absolute Gasteiger partial charge is 0.341 e. The van der Waals surface area contributed by atoms with Crippen LogP contribution in [0.3, 0.4) is 0 Å². The quantitative estimate of drug-likeness (QED) is 0.379. The van der Waals surface area contributed by atoms with Crippen LogP contribution < -0.4 is 4.74 Å². The van der Waals surface area contributed by atoms with Crippen LogP contribution in [0.5, 0.6) is 5.75 Å². The van der Waals surface area contributed by atoms with E-state index < -0.39 is 5.97 Å². The number of methoxy groups -OCH3 is 2. The Kier molecular flexibility index (Phi) is 4.64. The summed E-state index contributed by atoms with van der Waals surface area (Å²) in [6.07, 6.45) is 0. The van der Waals surface area contributed by atoms with Crippen molar-refractivity contribution in [2.75, 3.05) is 14.2 Å². The number of benzene rings is 4. The maximum atomic E-state index is 11.9. The van der Waals surface area contributed by atoms with Crippen molar-refractivity contribution in [1.29, 1.82) is 0 Å². The Morgan fingerprint density at radius 2 is 1.68 bits per heavy atom. The van der Waals surface area contributed by atoms with Crippen LogP contribution in [0.4, 0.5) is 0 Å². The first-order valence-electron chi connectivity index (χ1n) is 9.92. The Hall–Kier alpha value is -4.12. The predicted molar refractivity (Wildman–Crippen MR) is 122 cm³/mol. The number of para-hydroxylation sites is 2. The van der Waals surface area contributed by atoms with Crippen LogP contribution in [0, 0.1) is 0 Å². The molecule has 1 N–H and O–H groups in total. The third-order valence-electron chi connectivity index (χ3n) is 5.47. The van der Waals surface area contributed by atoms with Gasteiger partial charge in [0.1, 0.15) is 17.1 Å². The van der Waals surface area contributed by atoms with E-state index in [0.29, 0.717) is 11.3 Å². The van der Waals surface area contributed by atoms with Crippen molar-refractivity contribution < 1.29 is 14.3 Å². The van der Waals surface area contributed by atoms with Crippen LogP contribution in [0.1, 0.15) is 10.4 Å². The number of esters is 1. The van der Waals surface area contributed by atoms with E-state index in [4.69, 9.17) is 14.5 Å². The molecule has 0 aliphatic carbocycles. The van der Waals surface area contributed by atoms with Gasteiger partial charge in [0, 0.05) is 5.56 Å². The van der Waals surface area contributed by atoms with Gasteiger partial charge < -0.3 is 14.5 Å². The van der Waals surface area contributed by atoms with Gasteiger partial charge in [-0.2, -0.15) is 0 Å². The Morgan fingerprint density at radius 3 is 2.48 bits per heavy atom. The summed E-state index contributed by atoms with van der Waals surface area (Å²) in [6, 6.07) is 26.0. The van der Waals surface area contributed by atoms with Crippen molar-refractivity contribution in [3.63, 3.8) is 0 Å². The van der Waals surface area contributed by atoms with Crippen LogP contribution in [0.25, 0.3) is 44.3 Å². The number of hydrogen-bond donors (Lipinski definition) is 1. The molecular weight excluding hydrogens is 388 g/mol. The summed E-state index contributed by atoms with van der Waals surface area (Å²) in [5.74, 6) is 0.918. The number of rotatable bonds is 4. The number of fused-ring (bicyclic) bond motifs is 2. The third-order valence-corrected chi connectivity index (χ3v) is 5.47. The summed E-state index contributed by atoms with van der Waals surface area (Å²) in [5, 5.41) is 2.22. The molecule has 1 heterocycles. The molecule has 0 saturated carbocycles. The van der Waals surface area contributed by atoms with Gasteiger partial charge in [-0.3, -0.25) is 0 Å². The van der Waals surface area contributed by atoms with Gasteiger partial charge in [-0.25, -0.2) is 9.78 Å². The molecule has 0 unspecified atom stereocenters. The monoisotopic (exact) mass is 408 g/mol. The van der Waals surface area contributed by atoms with Crippen molar-refractivity contribution in [2.45, 2.75) is 0 Å². The van der Waals surface area contributed by atoms with Gasteiger partial charge in [-0.15, -0.1) is 0 Å². The fraction of sp³-hybridized carbons (Fsp3) is 0.0769. The first-order chi connectivity index (χ1) is 15.2. The molecule has 0 bridgehead atoms. The van der Waals surface area contributed by atoms with Gasteiger partial charge in [0.2, 0.25) is 0 Å². The highest BCUT2D eigenvalue weighted by molar-refractivity contribution is 5.99. The lowest BCUT2D eigenvalue weighted by atomic mass is 9.97. The van der Waals surface area contributed by atoms with Gasteiger partial charge in [0.25, 0.3) is 0 Å². The molecule has 5 heteroatoms. The second kappa shape index (κ2) is 7.61. The number of nitrogens with zero attached hydrogens (tertiary/aromatic N) is 1. The van der Waals surface area contributed by atoms with Gasteiger partial charge in [-0.05, 0) is 52.2 Å². The average Bonchev–Trinajstić information content (AvgIpc) is 3.26. The summed E-state index contributed by atoms with van der Waals surface area (Å²) in [7, 11) is 2.91. The zero-order valence-electron chi connectivity index (χ0n) is 17.2. The fourth-order valence-corrected chi connectivity index (χ4v) is 3.90. The van der Waals surface area contributed by atoms with E-state index in [-0.39, 0.29) is 0 Å². The van der Waals surface area contributed by atoms with E-state index in [1.54, 1.807) is 13.2 Å². The molecule has 152 valence electrons. The molecule has 0 amide bonds. The first-order valence-corrected chi connectivity index (χ1v) is 9.92. The van der Waals surface area contributed by atoms with E-state index in [2.05, 4.69) is 35.3 Å². The molecule has 5 nitrogen and oxygen atoms in total. The Bertz CT molecular complexity index is 1400. The number of aromatic amines is 1. The molecule has 0 atom stereocenters. The summed E-state index contributed by atoms with van der Waals surface area (Å²) >= 11 is 0. The number of carbonyl (C=O) groups excluding carboxylic acids is 1. The van der Waals surface area contributed by atoms with Crippen molar-refractivity contribution in [3.05, 3.63) is 84.4 Å². The molecule has 5 aromatic rings. The molecule has 1 aromatic heterocycles. The molecule has 31 heavy (non-hydrogen) atoms. The lowest BCUT2D eigenvalue weighted by molar-refractivity contribution is 0.0597. The topological polar surface area (TPSA) is 64.2 Å². The number of nitrogens with one attached hydrogen (secondary N) is 1. The van der Waals surface area contributed by atoms with Crippen molar-refractivity contribution in [1.82, 2.24) is 9.97 Å². The van der Waals surface area contributed by atoms with E-state index in [0.717, 1.165) is 44.3 Å². The molecular formula is C26H20N2O3. The van der Waals surface area contributed by atoms with Crippen LogP contribution in [0.15, 0.2) is 78.9 Å². The maximum Gasteiger partial charge on any atom is 0.341 e. The minimum atomic E-state index is -0.419. The summed E-state index contributed by atoms with van der Waals surface area (Å²) in [5.41, 5.74) is 5.41. The van der Waals surface area contributed by atoms with Gasteiger partial charge in [0.05, 0.1) is 25.3 Å². The summed E-state index contributed by atoms with van der Waals surface area (Å²) < 4.78 is 10.2. The average molecular weight is 408 g/mol. The fourth-order valence-electron chi connectivity index (χ4n) is 3.90. The number of ether oxygens (including phenoxy) is 2. The van der Waals surface area contributed by atoms with Crippen LogP contribution in [0.2, 0.25) is 0 Å². The number of hydrogen-bond acceptors (Lipinski definition) is 4. The molecule has 0 fully saturated rings. The highest BCUT2D eigenvalue weighted by atomic mass is 16.5. The molecule has 0 spiro atoms. The van der Waals surface area contributed by atoms with Crippen LogP contribution >= 0.6 is 0 Å². The molecule has 5 rings (SSSR count). The normalized spacial score (nSPS) is 11.0. The number of imidazole rings is 1. The first kappa shape index (κ1) is 18.9. The van der Waals surface area contributed by atoms with Crippen LogP contribution in [-0.4, -0.2) is 30.2 Å². The second-order valence-corrected chi connectivity index (χ2v) is 7.25. The Labute approximate surface area is 179 Å². The van der Waals surface area contributed by atoms with E-state index in [9.17, 15) is 4.79 Å². The molecule has 0 aliphatic heterocycles. The largest absolute Gasteiger partial charge is 0.496 e. The minimum Gasteiger partial charge on any atom is -0.496 e. The second-order valence-electron chi connectivity index (χ2n) is 7.25. The highest BCUT2D eigenvalue weighted by Crippen LogP contribution is 2.33. The molecule has 4 aromatic carbocycles. The van der Waals surface area contributed by atoms with Gasteiger partial charge >= 0.3 is 5.97 Å². The SMILES string of the molecule is COC(=O)c1ccc(-c2ccc3c(-c4nc5ccccc5[nH]4)cccc3c2)cc1OC. The molecule has 0 radical (unpaired) electrons. The predicted octanol–water partition coefficient (Wildman–Crippen LogP) is 5.85. The van der Waals surface area contributed by atoms with E-state index >= 15 is 0 Å². The third kappa shape index (κ3) is 3.30. The summed E-state index contributed by atoms with van der Waals surface area (Å²) in [4.78, 5) is 20.1.